The molecule has 63 heavy (non-hydrogen) atoms. The molecule has 0 atom stereocenters. The summed E-state index contributed by atoms with van der Waals surface area (Å²) < 4.78 is 7.35. The van der Waals surface area contributed by atoms with Gasteiger partial charge in [0.25, 0.3) is 0 Å². The van der Waals surface area contributed by atoms with Gasteiger partial charge in [-0.1, -0.05) is 194 Å². The quantitative estimate of drug-likeness (QED) is 0.128. The van der Waals surface area contributed by atoms with Gasteiger partial charge in [0.15, 0.2) is 0 Å². The monoisotopic (exact) mass is 796 g/mol. The van der Waals surface area contributed by atoms with Gasteiger partial charge in [-0.25, -0.2) is 0 Å². The first kappa shape index (κ1) is 34.5. The van der Waals surface area contributed by atoms with Crippen LogP contribution in [-0.2, 0) is 0 Å². The summed E-state index contributed by atoms with van der Waals surface area (Å²) in [5.74, 6) is 0. The highest BCUT2D eigenvalue weighted by Crippen LogP contribution is 2.49. The number of furan rings is 1. The van der Waals surface area contributed by atoms with Crippen LogP contribution < -0.4 is 0 Å². The van der Waals surface area contributed by atoms with Crippen molar-refractivity contribution in [1.29, 1.82) is 0 Å². The Morgan fingerprint density at radius 2 is 0.746 bits per heavy atom. The summed E-state index contributed by atoms with van der Waals surface area (Å²) in [5.41, 5.74) is 11.4. The van der Waals surface area contributed by atoms with Gasteiger partial charge < -0.3 is 4.42 Å². The second kappa shape index (κ2) is 13.1. The lowest BCUT2D eigenvalue weighted by Crippen LogP contribution is -1.91. The second-order valence-corrected chi connectivity index (χ2v) is 17.1. The Bertz CT molecular complexity index is 4180. The molecular formula is C62H36O. The molecule has 1 heteroatoms. The molecule has 1 aromatic heterocycles. The molecule has 0 amide bonds. The van der Waals surface area contributed by atoms with Crippen LogP contribution in [0.1, 0.15) is 0 Å². The van der Waals surface area contributed by atoms with Crippen molar-refractivity contribution in [2.24, 2.45) is 0 Å². The van der Waals surface area contributed by atoms with Gasteiger partial charge in [-0.15, -0.1) is 0 Å². The second-order valence-electron chi connectivity index (χ2n) is 17.1. The molecule has 0 unspecified atom stereocenters. The molecule has 13 aromatic carbocycles. The molecule has 0 saturated carbocycles. The minimum Gasteiger partial charge on any atom is -0.455 e. The highest BCUT2D eigenvalue weighted by Gasteiger charge is 2.23. The summed E-state index contributed by atoms with van der Waals surface area (Å²) >= 11 is 0. The third kappa shape index (κ3) is 4.99. The normalized spacial score (nSPS) is 12.1. The molecule has 0 saturated heterocycles. The summed E-state index contributed by atoms with van der Waals surface area (Å²) in [7, 11) is 0. The van der Waals surface area contributed by atoms with Gasteiger partial charge in [-0.2, -0.15) is 0 Å². The van der Waals surface area contributed by atoms with E-state index < -0.39 is 0 Å². The molecule has 1 heterocycles. The minimum absolute atomic E-state index is 0.905. The van der Waals surface area contributed by atoms with Crippen molar-refractivity contribution >= 4 is 97.3 Å². The minimum atomic E-state index is 0.905. The molecule has 290 valence electrons. The topological polar surface area (TPSA) is 13.1 Å². The fourth-order valence-electron chi connectivity index (χ4n) is 10.9. The third-order valence-corrected chi connectivity index (χ3v) is 13.8. The summed E-state index contributed by atoms with van der Waals surface area (Å²) in [6, 6.07) is 80.6. The van der Waals surface area contributed by atoms with Crippen LogP contribution in [-0.4, -0.2) is 0 Å². The van der Waals surface area contributed by atoms with Crippen molar-refractivity contribution in [1.82, 2.24) is 0 Å². The van der Waals surface area contributed by atoms with Crippen molar-refractivity contribution < 1.29 is 4.42 Å². The van der Waals surface area contributed by atoms with E-state index in [4.69, 9.17) is 4.42 Å². The predicted molar refractivity (Wildman–Crippen MR) is 269 cm³/mol. The standard InChI is InChI=1S/C62H36O/c1-3-12-37(13-4-1)44-20-11-21-53-49(44)32-33-54-56-35-43(47-28-24-41-25-30-50-46(38-14-5-2-6-15-38)27-23-40-26-31-51(47)59(41)58(40)50)36-57(62(56)63-61(53)54)60-48-19-10-8-17-42(48)34-55-45-18-9-7-16-39(45)22-29-52(55)60/h1-36H. The Morgan fingerprint density at radius 3 is 1.48 bits per heavy atom. The van der Waals surface area contributed by atoms with Gasteiger partial charge in [-0.05, 0) is 128 Å². The Labute approximate surface area is 363 Å². The molecule has 0 fully saturated rings. The first-order valence-corrected chi connectivity index (χ1v) is 21.8. The summed E-state index contributed by atoms with van der Waals surface area (Å²) in [4.78, 5) is 0. The molecule has 0 aliphatic rings. The smallest absolute Gasteiger partial charge is 0.143 e. The van der Waals surface area contributed by atoms with Crippen LogP contribution in [0.4, 0.5) is 0 Å². The highest BCUT2D eigenvalue weighted by molar-refractivity contribution is 6.29. The van der Waals surface area contributed by atoms with Crippen molar-refractivity contribution in [3.05, 3.63) is 218 Å². The lowest BCUT2D eigenvalue weighted by atomic mass is 9.85. The summed E-state index contributed by atoms with van der Waals surface area (Å²) in [6.45, 7) is 0. The van der Waals surface area contributed by atoms with Crippen molar-refractivity contribution in [2.45, 2.75) is 0 Å². The average Bonchev–Trinajstić information content (AvgIpc) is 3.74. The van der Waals surface area contributed by atoms with E-state index in [2.05, 4.69) is 218 Å². The first-order valence-electron chi connectivity index (χ1n) is 21.8. The molecule has 0 bridgehead atoms. The fourth-order valence-corrected chi connectivity index (χ4v) is 10.9. The molecule has 1 nitrogen and oxygen atoms in total. The van der Waals surface area contributed by atoms with Gasteiger partial charge in [-0.3, -0.25) is 0 Å². The molecule has 0 aliphatic carbocycles. The van der Waals surface area contributed by atoms with Crippen LogP contribution >= 0.6 is 0 Å². The van der Waals surface area contributed by atoms with Crippen LogP contribution in [0, 0.1) is 0 Å². The Kier molecular flexibility index (Phi) is 7.17. The zero-order chi connectivity index (χ0) is 41.2. The maximum Gasteiger partial charge on any atom is 0.143 e. The van der Waals surface area contributed by atoms with E-state index in [9.17, 15) is 0 Å². The predicted octanol–water partition coefficient (Wildman–Crippen LogP) is 17.8. The lowest BCUT2D eigenvalue weighted by molar-refractivity contribution is 0.674. The lowest BCUT2D eigenvalue weighted by Gasteiger charge is -2.18. The van der Waals surface area contributed by atoms with E-state index >= 15 is 0 Å². The van der Waals surface area contributed by atoms with Crippen LogP contribution in [0.15, 0.2) is 223 Å². The molecule has 0 radical (unpaired) electrons. The molecular weight excluding hydrogens is 761 g/mol. The Morgan fingerprint density at radius 1 is 0.222 bits per heavy atom. The van der Waals surface area contributed by atoms with Crippen LogP contribution in [0.2, 0.25) is 0 Å². The zero-order valence-electron chi connectivity index (χ0n) is 34.2. The molecule has 0 N–H and O–H groups in total. The number of hydrogen-bond donors (Lipinski definition) is 0. The van der Waals surface area contributed by atoms with E-state index in [-0.39, 0.29) is 0 Å². The highest BCUT2D eigenvalue weighted by atomic mass is 16.3. The molecule has 0 aliphatic heterocycles. The maximum absolute atomic E-state index is 7.35. The summed E-state index contributed by atoms with van der Waals surface area (Å²) in [5, 5.41) is 19.5. The van der Waals surface area contributed by atoms with Crippen molar-refractivity contribution in [2.75, 3.05) is 0 Å². The SMILES string of the molecule is c1ccc(-c2cccc3c2ccc2c4cc(-c5ccc6ccc7c(-c8ccccc8)ccc8ccc5c6c87)cc(-c5c6ccccc6cc6c5ccc5ccccc56)c4oc32)cc1. The largest absolute Gasteiger partial charge is 0.455 e. The molecule has 0 spiro atoms. The number of benzene rings is 13. The van der Waals surface area contributed by atoms with Crippen LogP contribution in [0.5, 0.6) is 0 Å². The number of rotatable bonds is 4. The molecule has 14 aromatic rings. The van der Waals surface area contributed by atoms with E-state index in [1.165, 1.54) is 109 Å². The van der Waals surface area contributed by atoms with E-state index in [0.29, 0.717) is 0 Å². The van der Waals surface area contributed by atoms with Gasteiger partial charge in [0.1, 0.15) is 11.2 Å². The Balaban J connectivity index is 1.12. The van der Waals surface area contributed by atoms with Gasteiger partial charge >= 0.3 is 0 Å². The molecule has 14 rings (SSSR count). The van der Waals surface area contributed by atoms with Crippen molar-refractivity contribution in [3.8, 4) is 44.5 Å². The maximum atomic E-state index is 7.35. The third-order valence-electron chi connectivity index (χ3n) is 13.8. The average molecular weight is 797 g/mol. The van der Waals surface area contributed by atoms with E-state index in [1.54, 1.807) is 0 Å². The fraction of sp³-hybridized carbons (Fsp3) is 0. The first-order chi connectivity index (χ1) is 31.2. The van der Waals surface area contributed by atoms with E-state index in [1.807, 2.05) is 0 Å². The number of hydrogen-bond acceptors (Lipinski definition) is 1. The van der Waals surface area contributed by atoms with Crippen LogP contribution in [0.3, 0.4) is 0 Å². The van der Waals surface area contributed by atoms with Gasteiger partial charge in [0, 0.05) is 27.3 Å². The van der Waals surface area contributed by atoms with E-state index in [0.717, 1.165) is 32.9 Å². The van der Waals surface area contributed by atoms with Crippen molar-refractivity contribution in [3.63, 3.8) is 0 Å². The zero-order valence-corrected chi connectivity index (χ0v) is 34.2. The van der Waals surface area contributed by atoms with Gasteiger partial charge in [0.2, 0.25) is 0 Å². The van der Waals surface area contributed by atoms with Gasteiger partial charge in [0.05, 0.1) is 0 Å². The summed E-state index contributed by atoms with van der Waals surface area (Å²) in [6.07, 6.45) is 0. The number of fused-ring (bicyclic) bond motifs is 9. The van der Waals surface area contributed by atoms with Crippen LogP contribution in [0.25, 0.3) is 142 Å². The Hall–Kier alpha value is -8.26.